The van der Waals surface area contributed by atoms with E-state index in [1.54, 1.807) is 21.2 Å². The Labute approximate surface area is 45.2 Å². The van der Waals surface area contributed by atoms with Gasteiger partial charge in [-0.05, 0) is 0 Å². The highest BCUT2D eigenvalue weighted by molar-refractivity contribution is 14.2. The number of nitrogens with zero attached hydrogens (tertiary/aromatic N) is 1. The van der Waals surface area contributed by atoms with Crippen LogP contribution in [0.4, 0.5) is 0 Å². The van der Waals surface area contributed by atoms with Gasteiger partial charge in [0.1, 0.15) is 0 Å². The largest absolute Gasteiger partial charge is 0.303 e. The summed E-state index contributed by atoms with van der Waals surface area (Å²) >= 11 is 1.80. The van der Waals surface area contributed by atoms with Gasteiger partial charge in [0, 0.05) is 21.2 Å². The van der Waals surface area contributed by atoms with Gasteiger partial charge in [-0.25, -0.2) is 0 Å². The lowest BCUT2D eigenvalue weighted by Crippen LogP contribution is -1.50. The van der Waals surface area contributed by atoms with Gasteiger partial charge in [0.25, 0.3) is 0 Å². The Morgan fingerprint density at radius 2 is 2.20 bits per heavy atom. The molecule has 0 aliphatic rings. The lowest BCUT2D eigenvalue weighted by molar-refractivity contribution is 0.494. The maximum atomic E-state index is 8.19. The molecule has 0 fully saturated rings. The van der Waals surface area contributed by atoms with Gasteiger partial charge in [-0.1, -0.05) is 0 Å². The van der Waals surface area contributed by atoms with Crippen LogP contribution in [0.2, 0.25) is 0 Å². The first-order chi connectivity index (χ1) is 2.27. The monoisotopic (exact) mass is 205 g/mol. The van der Waals surface area contributed by atoms with Crippen LogP contribution in [-0.4, -0.2) is 7.11 Å². The molecule has 1 unspecified atom stereocenters. The molecule has 0 amide bonds. The topological polar surface area (TPSA) is 33.0 Å². The molecule has 0 bridgehead atoms. The second-order valence-electron chi connectivity index (χ2n) is 0.409. The highest BCUT2D eigenvalue weighted by Gasteiger charge is 1.65. The summed E-state index contributed by atoms with van der Waals surface area (Å²) in [4.78, 5) is 0. The standard InChI is InChI=1S/CH4INOS/c1-4-5(2)3/h5H,1H3. The van der Waals surface area contributed by atoms with E-state index in [1.807, 2.05) is 0 Å². The summed E-state index contributed by atoms with van der Waals surface area (Å²) in [5.74, 6) is 0. The third kappa shape index (κ3) is 4.75. The van der Waals surface area contributed by atoms with Gasteiger partial charge in [-0.2, -0.15) is 4.61 Å². The minimum atomic E-state index is -1.13. The lowest BCUT2D eigenvalue weighted by atomic mass is 11.8. The molecule has 0 spiro atoms. The Hall–Kier alpha value is 0.750. The second kappa shape index (κ2) is 2.96. The number of rotatable bonds is 0. The van der Waals surface area contributed by atoms with Crippen molar-refractivity contribution in [2.45, 2.75) is 0 Å². The molecule has 1 atom stereocenters. The van der Waals surface area contributed by atoms with Gasteiger partial charge < -0.3 is 4.18 Å². The van der Waals surface area contributed by atoms with Gasteiger partial charge in [-0.15, -0.1) is 0 Å². The molecule has 0 aliphatic heterocycles. The van der Waals surface area contributed by atoms with Crippen molar-refractivity contribution in [2.24, 2.45) is 0 Å². The molecule has 0 aromatic carbocycles. The van der Waals surface area contributed by atoms with Crippen LogP contribution in [0.25, 0.3) is 0 Å². The van der Waals surface area contributed by atoms with Crippen LogP contribution < -0.4 is 0 Å². The fraction of sp³-hybridized carbons (Fsp3) is 1.00. The maximum absolute atomic E-state index is 8.19. The zero-order valence-electron chi connectivity index (χ0n) is 2.68. The van der Waals surface area contributed by atoms with Gasteiger partial charge in [0.2, 0.25) is 0 Å². The van der Waals surface area contributed by atoms with E-state index >= 15 is 0 Å². The van der Waals surface area contributed by atoms with Crippen LogP contribution in [0, 0.1) is 4.61 Å². The number of halogens is 1. The lowest BCUT2D eigenvalue weighted by Gasteiger charge is -1.77. The molecule has 0 heterocycles. The highest BCUT2D eigenvalue weighted by atomic mass is 127. The van der Waals surface area contributed by atoms with Crippen LogP contribution in [0.5, 0.6) is 0 Å². The Morgan fingerprint density at radius 1 is 2.00 bits per heavy atom. The third-order valence-corrected chi connectivity index (χ3v) is 1.63. The van der Waals surface area contributed by atoms with Crippen LogP contribution in [0.15, 0.2) is 0 Å². The first-order valence-corrected chi connectivity index (χ1v) is 4.96. The molecule has 0 saturated carbocycles. The minimum Gasteiger partial charge on any atom is -0.303 e. The average molecular weight is 205 g/mol. The number of hydrogen-bond donors (Lipinski definition) is 1. The fourth-order valence-corrected chi connectivity index (χ4v) is 0. The molecular weight excluding hydrogens is 201 g/mol. The van der Waals surface area contributed by atoms with E-state index in [2.05, 4.69) is 4.18 Å². The molecule has 0 aliphatic carbocycles. The molecule has 0 N–H and O–H groups in total. The second-order valence-corrected chi connectivity index (χ2v) is 3.70. The fourth-order valence-electron chi connectivity index (χ4n) is 0. The summed E-state index contributed by atoms with van der Waals surface area (Å²) in [5, 5.41) is 0. The zero-order chi connectivity index (χ0) is 4.28. The number of hydrogen-bond acceptors (Lipinski definition) is 2. The van der Waals surface area contributed by atoms with Crippen molar-refractivity contribution in [3.8, 4) is 0 Å². The van der Waals surface area contributed by atoms with E-state index in [1.165, 1.54) is 7.11 Å². The molecule has 2 nitrogen and oxygen atoms in total. The van der Waals surface area contributed by atoms with Crippen molar-refractivity contribution in [2.75, 3.05) is 7.11 Å². The smallest absolute Gasteiger partial charge is 0.0834 e. The van der Waals surface area contributed by atoms with Crippen molar-refractivity contribution in [1.29, 1.82) is 4.61 Å². The van der Waals surface area contributed by atoms with Crippen LogP contribution in [0.3, 0.4) is 0 Å². The Balaban J connectivity index is 2.97. The molecule has 5 heavy (non-hydrogen) atoms. The quantitative estimate of drug-likeness (QED) is 0.478. The molecule has 0 radical (unpaired) electrons. The summed E-state index contributed by atoms with van der Waals surface area (Å²) in [6.07, 6.45) is 0. The molecule has 32 valence electrons. The van der Waals surface area contributed by atoms with E-state index < -0.39 is 7.98 Å². The molecular formula is CH4INOS. The first-order valence-electron chi connectivity index (χ1n) is 0.960. The van der Waals surface area contributed by atoms with Gasteiger partial charge in [-0.3, -0.25) is 0 Å². The van der Waals surface area contributed by atoms with Crippen molar-refractivity contribution in [1.82, 2.24) is 0 Å². The third-order valence-electron chi connectivity index (χ3n) is 0.151. The predicted molar refractivity (Wildman–Crippen MR) is 31.7 cm³/mol. The van der Waals surface area contributed by atoms with E-state index in [4.69, 9.17) is 4.61 Å². The highest BCUT2D eigenvalue weighted by Crippen LogP contribution is 2.15. The van der Waals surface area contributed by atoms with Crippen molar-refractivity contribution in [3.63, 3.8) is 0 Å². The summed E-state index contributed by atoms with van der Waals surface area (Å²) < 4.78 is 12.5. The van der Waals surface area contributed by atoms with E-state index in [9.17, 15) is 0 Å². The van der Waals surface area contributed by atoms with E-state index in [0.717, 1.165) is 0 Å². The summed E-state index contributed by atoms with van der Waals surface area (Å²) in [6.45, 7) is 0. The SMILES string of the molecule is CO[SH](#N)I. The maximum Gasteiger partial charge on any atom is 0.0834 e. The summed E-state index contributed by atoms with van der Waals surface area (Å²) in [5.41, 5.74) is 0. The zero-order valence-corrected chi connectivity index (χ0v) is 5.73. The average Bonchev–Trinajstić information content (AvgIpc) is 1.38. The van der Waals surface area contributed by atoms with Crippen LogP contribution in [0.1, 0.15) is 0 Å². The van der Waals surface area contributed by atoms with Gasteiger partial charge >= 0.3 is 0 Å². The van der Waals surface area contributed by atoms with E-state index in [0.29, 0.717) is 0 Å². The molecule has 0 rings (SSSR count). The predicted octanol–water partition coefficient (Wildman–Crippen LogP) is 1.38. The Morgan fingerprint density at radius 3 is 2.20 bits per heavy atom. The van der Waals surface area contributed by atoms with Crippen molar-refractivity contribution < 1.29 is 4.18 Å². The molecule has 4 heteroatoms. The van der Waals surface area contributed by atoms with Crippen molar-refractivity contribution in [3.05, 3.63) is 0 Å². The van der Waals surface area contributed by atoms with Crippen LogP contribution in [-0.2, 0) is 4.18 Å². The number of thiol groups is 1. The summed E-state index contributed by atoms with van der Waals surface area (Å²) in [6, 6.07) is 0. The van der Waals surface area contributed by atoms with Crippen LogP contribution >= 0.6 is 29.2 Å². The van der Waals surface area contributed by atoms with Crippen molar-refractivity contribution >= 4 is 29.2 Å². The molecule has 0 aromatic rings. The Kier molecular flexibility index (Phi) is 3.40. The van der Waals surface area contributed by atoms with Gasteiger partial charge in [0.05, 0.1) is 15.1 Å². The Bertz CT molecular complexity index is 73.5. The normalized spacial score (nSPS) is 14.6. The molecule has 0 aromatic heterocycles. The molecule has 0 saturated heterocycles. The van der Waals surface area contributed by atoms with Gasteiger partial charge in [0.15, 0.2) is 0 Å². The minimum absolute atomic E-state index is 1.13. The van der Waals surface area contributed by atoms with E-state index in [-0.39, 0.29) is 0 Å². The summed E-state index contributed by atoms with van der Waals surface area (Å²) in [7, 11) is 0.342. The first kappa shape index (κ1) is 5.75.